The molecular weight excluding hydrogens is 546 g/mol. The molecule has 0 bridgehead atoms. The lowest BCUT2D eigenvalue weighted by Gasteiger charge is -2.32. The van der Waals surface area contributed by atoms with Gasteiger partial charge in [-0.2, -0.15) is 13.2 Å². The highest BCUT2D eigenvalue weighted by Gasteiger charge is 2.56. The largest absolute Gasteiger partial charge is 0.490 e. The van der Waals surface area contributed by atoms with Gasteiger partial charge < -0.3 is 30.3 Å². The average molecular weight is 576 g/mol. The number of alkyl halides is 3. The van der Waals surface area contributed by atoms with Crippen molar-refractivity contribution in [3.8, 4) is 22.8 Å². The maximum atomic E-state index is 14.6. The number of hydrogen-bond donors (Lipinski definition) is 3. The molecule has 0 amide bonds. The third kappa shape index (κ3) is 5.34. The zero-order valence-electron chi connectivity index (χ0n) is 22.2. The first-order valence-corrected chi connectivity index (χ1v) is 13.0. The number of ketones is 1. The van der Waals surface area contributed by atoms with E-state index >= 15 is 0 Å². The molecule has 12 heteroatoms. The van der Waals surface area contributed by atoms with Crippen molar-refractivity contribution in [2.45, 2.75) is 37.1 Å². The number of halogens is 4. The second-order valence-corrected chi connectivity index (χ2v) is 10.5. The number of fused-ring (bicyclic) bond motifs is 2. The number of nitrogens with zero attached hydrogens (tertiary/aromatic N) is 2. The highest BCUT2D eigenvalue weighted by atomic mass is 19.4. The molecule has 2 atom stereocenters. The Bertz CT molecular complexity index is 1460. The highest BCUT2D eigenvalue weighted by Crippen LogP contribution is 2.48. The topological polar surface area (TPSA) is 118 Å². The molecule has 0 spiro atoms. The van der Waals surface area contributed by atoms with Gasteiger partial charge in [-0.1, -0.05) is 0 Å². The molecule has 218 valence electrons. The zero-order valence-corrected chi connectivity index (χ0v) is 22.2. The fourth-order valence-electron chi connectivity index (χ4n) is 5.08. The lowest BCUT2D eigenvalue weighted by atomic mass is 9.86. The van der Waals surface area contributed by atoms with E-state index in [0.29, 0.717) is 31.1 Å². The maximum absolute atomic E-state index is 14.6. The van der Waals surface area contributed by atoms with E-state index in [1.165, 1.54) is 24.3 Å². The number of pyridine rings is 1. The number of anilines is 1. The first-order chi connectivity index (χ1) is 19.3. The van der Waals surface area contributed by atoms with E-state index in [1.807, 2.05) is 4.90 Å². The number of Topliss-reactive ketones (excluding diaryl/α,β-unsaturated/α-hetero) is 1. The number of nitrogens with two attached hydrogens (primary N) is 1. The molecule has 3 heterocycles. The smallest absolute Gasteiger partial charge is 0.422 e. The standard InChI is InChI=1S/C29H29F4N3O5/c1-27(34)16-41-26-20(27)15-24(35-25(26)17-2-5-19(30)6-3-17)28(39,29(31,32)33)9-8-22(38)18-4-7-21-23(14-18)40-13-11-36(21)10-12-37/h2-7,14-15,37,39H,8-13,16,34H2,1H3. The predicted octanol–water partition coefficient (Wildman–Crippen LogP) is 4.06. The van der Waals surface area contributed by atoms with Crippen molar-refractivity contribution in [2.24, 2.45) is 5.73 Å². The summed E-state index contributed by atoms with van der Waals surface area (Å²) in [6.07, 6.45) is -6.88. The van der Waals surface area contributed by atoms with E-state index in [2.05, 4.69) is 4.98 Å². The summed E-state index contributed by atoms with van der Waals surface area (Å²) in [4.78, 5) is 19.1. The van der Waals surface area contributed by atoms with Crippen LogP contribution in [-0.2, 0) is 11.1 Å². The quantitative estimate of drug-likeness (QED) is 0.272. The molecule has 8 nitrogen and oxygen atoms in total. The lowest BCUT2D eigenvalue weighted by molar-refractivity contribution is -0.270. The fraction of sp³-hybridized carbons (Fsp3) is 0.379. The number of aromatic nitrogens is 1. The molecule has 2 aromatic carbocycles. The van der Waals surface area contributed by atoms with Crippen LogP contribution in [0.4, 0.5) is 23.2 Å². The Morgan fingerprint density at radius 2 is 1.88 bits per heavy atom. The van der Waals surface area contributed by atoms with E-state index < -0.39 is 47.5 Å². The molecule has 0 radical (unpaired) electrons. The molecule has 4 N–H and O–H groups in total. The van der Waals surface area contributed by atoms with Crippen molar-refractivity contribution in [1.82, 2.24) is 4.98 Å². The summed E-state index contributed by atoms with van der Waals surface area (Å²) in [5.74, 6) is -0.654. The van der Waals surface area contributed by atoms with Crippen LogP contribution in [0.1, 0.15) is 41.4 Å². The summed E-state index contributed by atoms with van der Waals surface area (Å²) in [7, 11) is 0. The van der Waals surface area contributed by atoms with Crippen LogP contribution in [0.15, 0.2) is 48.5 Å². The van der Waals surface area contributed by atoms with Crippen LogP contribution in [0.2, 0.25) is 0 Å². The first kappa shape index (κ1) is 28.8. The van der Waals surface area contributed by atoms with E-state index in [4.69, 9.17) is 15.2 Å². The minimum atomic E-state index is -5.21. The maximum Gasteiger partial charge on any atom is 0.422 e. The van der Waals surface area contributed by atoms with Crippen LogP contribution in [-0.4, -0.2) is 60.1 Å². The van der Waals surface area contributed by atoms with Crippen LogP contribution in [0.3, 0.4) is 0 Å². The van der Waals surface area contributed by atoms with Gasteiger partial charge in [-0.25, -0.2) is 9.37 Å². The van der Waals surface area contributed by atoms with E-state index in [0.717, 1.165) is 18.2 Å². The summed E-state index contributed by atoms with van der Waals surface area (Å²) < 4.78 is 68.5. The van der Waals surface area contributed by atoms with Crippen LogP contribution in [0.25, 0.3) is 11.3 Å². The number of rotatable bonds is 8. The number of hydrogen-bond acceptors (Lipinski definition) is 8. The predicted molar refractivity (Wildman–Crippen MR) is 141 cm³/mol. The van der Waals surface area contributed by atoms with E-state index in [-0.39, 0.29) is 41.3 Å². The third-order valence-corrected chi connectivity index (χ3v) is 7.44. The van der Waals surface area contributed by atoms with Gasteiger partial charge in [0.05, 0.1) is 30.1 Å². The normalized spacial score (nSPS) is 19.6. The van der Waals surface area contributed by atoms with Crippen LogP contribution in [0.5, 0.6) is 11.5 Å². The van der Waals surface area contributed by atoms with Crippen LogP contribution < -0.4 is 20.1 Å². The van der Waals surface area contributed by atoms with Gasteiger partial charge in [-0.05, 0) is 61.9 Å². The van der Waals surface area contributed by atoms with Crippen LogP contribution >= 0.6 is 0 Å². The van der Waals surface area contributed by atoms with Gasteiger partial charge in [0, 0.05) is 29.7 Å². The van der Waals surface area contributed by atoms with Crippen molar-refractivity contribution in [3.63, 3.8) is 0 Å². The summed E-state index contributed by atoms with van der Waals surface area (Å²) in [6.45, 7) is 2.69. The first-order valence-electron chi connectivity index (χ1n) is 13.0. The fourth-order valence-corrected chi connectivity index (χ4v) is 5.08. The van der Waals surface area contributed by atoms with E-state index in [1.54, 1.807) is 13.0 Å². The number of aliphatic hydroxyl groups excluding tert-OH is 1. The van der Waals surface area contributed by atoms with Gasteiger partial charge in [0.1, 0.15) is 30.5 Å². The van der Waals surface area contributed by atoms with Crippen molar-refractivity contribution in [1.29, 1.82) is 0 Å². The molecule has 5 rings (SSSR count). The van der Waals surface area contributed by atoms with Gasteiger partial charge in [0.2, 0.25) is 5.60 Å². The number of ether oxygens (including phenoxy) is 2. The molecule has 2 aliphatic heterocycles. The minimum Gasteiger partial charge on any atom is -0.490 e. The SMILES string of the molecule is CC1(N)COc2c1cc(C(O)(CCC(=O)c1ccc3c(c1)OCCN3CCO)C(F)(F)F)nc2-c1ccc(F)cc1. The molecule has 2 unspecified atom stereocenters. The Morgan fingerprint density at radius 3 is 2.56 bits per heavy atom. The highest BCUT2D eigenvalue weighted by molar-refractivity contribution is 5.97. The Labute approximate surface area is 233 Å². The molecule has 2 aliphatic rings. The molecular formula is C29H29F4N3O5. The number of benzene rings is 2. The second-order valence-electron chi connectivity index (χ2n) is 10.5. The molecule has 0 saturated heterocycles. The van der Waals surface area contributed by atoms with Crippen LogP contribution in [0, 0.1) is 5.82 Å². The summed E-state index contributed by atoms with van der Waals surface area (Å²) in [5, 5.41) is 20.5. The summed E-state index contributed by atoms with van der Waals surface area (Å²) in [6, 6.07) is 10.6. The van der Waals surface area contributed by atoms with Gasteiger partial charge in [-0.15, -0.1) is 0 Å². The molecule has 0 saturated carbocycles. The molecule has 41 heavy (non-hydrogen) atoms. The third-order valence-electron chi connectivity index (χ3n) is 7.44. The number of carbonyl (C=O) groups is 1. The lowest BCUT2D eigenvalue weighted by Crippen LogP contribution is -2.44. The van der Waals surface area contributed by atoms with Gasteiger partial charge in [-0.3, -0.25) is 4.79 Å². The van der Waals surface area contributed by atoms with Crippen molar-refractivity contribution in [3.05, 3.63) is 71.2 Å². The zero-order chi connectivity index (χ0) is 29.6. The monoisotopic (exact) mass is 575 g/mol. The summed E-state index contributed by atoms with van der Waals surface area (Å²) in [5.41, 5.74) is 2.10. The van der Waals surface area contributed by atoms with Crippen molar-refractivity contribution >= 4 is 11.5 Å². The van der Waals surface area contributed by atoms with Gasteiger partial charge in [0.25, 0.3) is 0 Å². The number of aliphatic hydroxyl groups is 2. The Hall–Kier alpha value is -3.74. The van der Waals surface area contributed by atoms with Gasteiger partial charge >= 0.3 is 6.18 Å². The molecule has 3 aromatic rings. The van der Waals surface area contributed by atoms with Crippen molar-refractivity contribution < 1.29 is 42.0 Å². The second kappa shape index (κ2) is 10.6. The molecule has 0 aliphatic carbocycles. The number of β-amino-alcohol motifs (C(OH)–C–C–N with tert-alkyl or cyclic N) is 1. The average Bonchev–Trinajstić information content (AvgIpc) is 3.25. The Balaban J connectivity index is 1.49. The van der Waals surface area contributed by atoms with Crippen molar-refractivity contribution in [2.75, 3.05) is 37.8 Å². The van der Waals surface area contributed by atoms with E-state index in [9.17, 15) is 32.6 Å². The minimum absolute atomic E-state index is 0.0278. The van der Waals surface area contributed by atoms with Gasteiger partial charge in [0.15, 0.2) is 11.5 Å². The molecule has 0 fully saturated rings. The Morgan fingerprint density at radius 1 is 1.15 bits per heavy atom. The summed E-state index contributed by atoms with van der Waals surface area (Å²) >= 11 is 0. The number of carbonyl (C=O) groups excluding carboxylic acids is 1. The molecule has 1 aromatic heterocycles. The Kier molecular flexibility index (Phi) is 7.43.